The van der Waals surface area contributed by atoms with Crippen LogP contribution in [-0.4, -0.2) is 11.5 Å². The first-order valence-electron chi connectivity index (χ1n) is 7.54. The molecule has 3 rings (SSSR count). The number of aromatic nitrogens is 1. The summed E-state index contributed by atoms with van der Waals surface area (Å²) in [7, 11) is 0. The third-order valence-electron chi connectivity index (χ3n) is 4.55. The molecule has 0 saturated heterocycles. The van der Waals surface area contributed by atoms with Gasteiger partial charge in [-0.05, 0) is 55.6 Å². The molecule has 1 heterocycles. The van der Waals surface area contributed by atoms with Crippen LogP contribution < -0.4 is 5.32 Å². The zero-order valence-corrected chi connectivity index (χ0v) is 11.4. The lowest BCUT2D eigenvalue weighted by atomic mass is 9.82. The van der Waals surface area contributed by atoms with Crippen LogP contribution in [0.1, 0.15) is 50.3 Å². The first-order chi connectivity index (χ1) is 8.81. The zero-order chi connectivity index (χ0) is 12.4. The largest absolute Gasteiger partial charge is 0.370 e. The molecule has 0 aliphatic heterocycles. The van der Waals surface area contributed by atoms with Gasteiger partial charge in [-0.25, -0.2) is 4.98 Å². The lowest BCUT2D eigenvalue weighted by Crippen LogP contribution is -2.21. The molecule has 2 aliphatic carbocycles. The van der Waals surface area contributed by atoms with E-state index in [0.29, 0.717) is 0 Å². The average molecular weight is 244 g/mol. The second-order valence-electron chi connectivity index (χ2n) is 6.17. The van der Waals surface area contributed by atoms with Crippen LogP contribution in [0.3, 0.4) is 0 Å². The molecule has 1 aromatic rings. The number of nitrogens with one attached hydrogen (secondary N) is 1. The van der Waals surface area contributed by atoms with Gasteiger partial charge in [0.25, 0.3) is 0 Å². The van der Waals surface area contributed by atoms with Crippen molar-refractivity contribution in [3.05, 3.63) is 23.4 Å². The minimum Gasteiger partial charge on any atom is -0.370 e. The van der Waals surface area contributed by atoms with Crippen molar-refractivity contribution in [2.75, 3.05) is 11.9 Å². The van der Waals surface area contributed by atoms with Crippen LogP contribution in [0, 0.1) is 11.8 Å². The summed E-state index contributed by atoms with van der Waals surface area (Å²) in [6, 6.07) is 4.43. The molecule has 18 heavy (non-hydrogen) atoms. The third-order valence-corrected chi connectivity index (χ3v) is 4.55. The number of pyridine rings is 1. The summed E-state index contributed by atoms with van der Waals surface area (Å²) in [6.45, 7) is 3.50. The number of rotatable bonds is 3. The van der Waals surface area contributed by atoms with Crippen molar-refractivity contribution < 1.29 is 0 Å². The van der Waals surface area contributed by atoms with E-state index in [1.165, 1.54) is 56.2 Å². The quantitative estimate of drug-likeness (QED) is 0.874. The van der Waals surface area contributed by atoms with Gasteiger partial charge in [-0.2, -0.15) is 0 Å². The number of nitrogens with zero attached hydrogens (tertiary/aromatic N) is 1. The molecule has 1 fully saturated rings. The van der Waals surface area contributed by atoms with Crippen LogP contribution in [0.4, 0.5) is 5.82 Å². The smallest absolute Gasteiger partial charge is 0.126 e. The van der Waals surface area contributed by atoms with Gasteiger partial charge in [0.15, 0.2) is 0 Å². The number of fused-ring (bicyclic) bond motifs is 1. The van der Waals surface area contributed by atoms with Crippen LogP contribution in [0.15, 0.2) is 12.1 Å². The van der Waals surface area contributed by atoms with Gasteiger partial charge in [-0.1, -0.05) is 25.8 Å². The number of aryl methyl sites for hydroxylation is 2. The number of anilines is 1. The Morgan fingerprint density at radius 3 is 3.06 bits per heavy atom. The van der Waals surface area contributed by atoms with Gasteiger partial charge in [0.2, 0.25) is 0 Å². The maximum atomic E-state index is 4.75. The summed E-state index contributed by atoms with van der Waals surface area (Å²) in [5.74, 6) is 2.86. The van der Waals surface area contributed by atoms with E-state index < -0.39 is 0 Å². The second-order valence-corrected chi connectivity index (χ2v) is 6.17. The van der Waals surface area contributed by atoms with Crippen molar-refractivity contribution in [2.24, 2.45) is 11.8 Å². The molecule has 2 nitrogen and oxygen atoms in total. The van der Waals surface area contributed by atoms with Crippen LogP contribution in [-0.2, 0) is 12.8 Å². The summed E-state index contributed by atoms with van der Waals surface area (Å²) in [4.78, 5) is 4.75. The Balaban J connectivity index is 1.56. The van der Waals surface area contributed by atoms with Gasteiger partial charge in [0.05, 0.1) is 0 Å². The molecule has 98 valence electrons. The Morgan fingerprint density at radius 1 is 1.22 bits per heavy atom. The summed E-state index contributed by atoms with van der Waals surface area (Å²) >= 11 is 0. The normalized spacial score (nSPS) is 26.9. The topological polar surface area (TPSA) is 24.9 Å². The van der Waals surface area contributed by atoms with Gasteiger partial charge in [0, 0.05) is 12.2 Å². The molecular formula is C16H24N2. The van der Waals surface area contributed by atoms with E-state index in [0.717, 1.165) is 24.2 Å². The van der Waals surface area contributed by atoms with Gasteiger partial charge in [-0.15, -0.1) is 0 Å². The fourth-order valence-corrected chi connectivity index (χ4v) is 3.51. The molecule has 1 N–H and O–H groups in total. The van der Waals surface area contributed by atoms with Crippen LogP contribution in [0.5, 0.6) is 0 Å². The van der Waals surface area contributed by atoms with Crippen LogP contribution in [0.25, 0.3) is 0 Å². The summed E-state index contributed by atoms with van der Waals surface area (Å²) in [5, 5.41) is 3.55. The van der Waals surface area contributed by atoms with E-state index in [2.05, 4.69) is 24.4 Å². The Morgan fingerprint density at radius 2 is 2.17 bits per heavy atom. The van der Waals surface area contributed by atoms with Crippen molar-refractivity contribution in [1.82, 2.24) is 4.98 Å². The van der Waals surface area contributed by atoms with Crippen molar-refractivity contribution in [2.45, 2.75) is 51.9 Å². The van der Waals surface area contributed by atoms with Crippen LogP contribution >= 0.6 is 0 Å². The lowest BCUT2D eigenvalue weighted by Gasteiger charge is -2.27. The highest BCUT2D eigenvalue weighted by Gasteiger charge is 2.19. The minimum atomic E-state index is 0.851. The Labute approximate surface area is 110 Å². The van der Waals surface area contributed by atoms with Gasteiger partial charge in [0.1, 0.15) is 5.82 Å². The van der Waals surface area contributed by atoms with E-state index >= 15 is 0 Å². The van der Waals surface area contributed by atoms with Crippen molar-refractivity contribution in [1.29, 1.82) is 0 Å². The maximum absolute atomic E-state index is 4.75. The summed E-state index contributed by atoms with van der Waals surface area (Å²) in [5.41, 5.74) is 2.80. The van der Waals surface area contributed by atoms with Crippen LogP contribution in [0.2, 0.25) is 0 Å². The third kappa shape index (κ3) is 2.68. The van der Waals surface area contributed by atoms with E-state index in [1.54, 1.807) is 0 Å². The molecule has 0 radical (unpaired) electrons. The fourth-order valence-electron chi connectivity index (χ4n) is 3.51. The summed E-state index contributed by atoms with van der Waals surface area (Å²) in [6.07, 6.45) is 9.29. The first kappa shape index (κ1) is 12.0. The first-order valence-corrected chi connectivity index (χ1v) is 7.54. The predicted octanol–water partition coefficient (Wildman–Crippen LogP) is 3.81. The molecule has 2 atom stereocenters. The van der Waals surface area contributed by atoms with Crippen molar-refractivity contribution in [3.8, 4) is 0 Å². The van der Waals surface area contributed by atoms with Gasteiger partial charge >= 0.3 is 0 Å². The van der Waals surface area contributed by atoms with E-state index in [-0.39, 0.29) is 0 Å². The molecule has 0 spiro atoms. The molecule has 1 saturated carbocycles. The average Bonchev–Trinajstić information content (AvgIpc) is 2.84. The Kier molecular flexibility index (Phi) is 3.53. The second kappa shape index (κ2) is 5.29. The van der Waals surface area contributed by atoms with E-state index in [4.69, 9.17) is 4.98 Å². The molecule has 0 amide bonds. The number of hydrogen-bond acceptors (Lipinski definition) is 2. The standard InChI is InChI=1S/C16H24N2/c1-12-4-2-5-13(10-12)11-17-16-9-8-14-6-3-7-15(14)18-16/h8-9,12-13H,2-7,10-11H2,1H3,(H,17,18). The Bertz CT molecular complexity index is 414. The molecular weight excluding hydrogens is 220 g/mol. The number of hydrogen-bond donors (Lipinski definition) is 1. The summed E-state index contributed by atoms with van der Waals surface area (Å²) < 4.78 is 0. The van der Waals surface area contributed by atoms with E-state index in [9.17, 15) is 0 Å². The van der Waals surface area contributed by atoms with Crippen molar-refractivity contribution in [3.63, 3.8) is 0 Å². The molecule has 1 aromatic heterocycles. The van der Waals surface area contributed by atoms with Crippen molar-refractivity contribution >= 4 is 5.82 Å². The highest BCUT2D eigenvalue weighted by Crippen LogP contribution is 2.29. The van der Waals surface area contributed by atoms with Gasteiger partial charge in [-0.3, -0.25) is 0 Å². The van der Waals surface area contributed by atoms with Gasteiger partial charge < -0.3 is 5.32 Å². The lowest BCUT2D eigenvalue weighted by molar-refractivity contribution is 0.293. The molecule has 2 aliphatic rings. The predicted molar refractivity (Wildman–Crippen MR) is 75.9 cm³/mol. The monoisotopic (exact) mass is 244 g/mol. The molecule has 2 unspecified atom stereocenters. The SMILES string of the molecule is CC1CCCC(CNc2ccc3c(n2)CCC3)C1. The maximum Gasteiger partial charge on any atom is 0.126 e. The van der Waals surface area contributed by atoms with E-state index in [1.807, 2.05) is 0 Å². The highest BCUT2D eigenvalue weighted by molar-refractivity contribution is 5.40. The molecule has 2 heteroatoms. The Hall–Kier alpha value is -1.05. The highest BCUT2D eigenvalue weighted by atomic mass is 15.0. The minimum absolute atomic E-state index is 0.851. The fraction of sp³-hybridized carbons (Fsp3) is 0.688. The molecule has 0 aromatic carbocycles. The zero-order valence-electron chi connectivity index (χ0n) is 11.4. The molecule has 0 bridgehead atoms.